The van der Waals surface area contributed by atoms with E-state index in [1.54, 1.807) is 16.7 Å². The zero-order chi connectivity index (χ0) is 27.1. The van der Waals surface area contributed by atoms with Crippen LogP contribution in [0, 0.1) is 18.3 Å². The minimum atomic E-state index is -0.237. The number of carbonyl (C=O) groups excluding carboxylic acids is 2. The van der Waals surface area contributed by atoms with Gasteiger partial charge >= 0.3 is 0 Å². The molecule has 1 unspecified atom stereocenters. The molecule has 200 valence electrons. The molecule has 1 atom stereocenters. The SMILES string of the molecule is COCCCN(CC(=O)Nc1cc(C(C)(C)C)nn1-c1ccccc1C)C(=O)CC(C)CC(C)(C)C. The molecule has 0 fully saturated rings. The number of hydrogen-bond acceptors (Lipinski definition) is 4. The van der Waals surface area contributed by atoms with Crippen molar-refractivity contribution in [2.45, 2.75) is 80.1 Å². The van der Waals surface area contributed by atoms with Crippen LogP contribution in [0.5, 0.6) is 0 Å². The number of carbonyl (C=O) groups is 2. The van der Waals surface area contributed by atoms with E-state index in [4.69, 9.17) is 9.84 Å². The van der Waals surface area contributed by atoms with Gasteiger partial charge in [0.05, 0.1) is 17.9 Å². The van der Waals surface area contributed by atoms with Gasteiger partial charge in [-0.05, 0) is 42.7 Å². The van der Waals surface area contributed by atoms with Gasteiger partial charge in [0, 0.05) is 38.2 Å². The van der Waals surface area contributed by atoms with Gasteiger partial charge < -0.3 is 15.0 Å². The molecule has 1 N–H and O–H groups in total. The fraction of sp³-hybridized carbons (Fsp3) is 0.621. The second-order valence-corrected chi connectivity index (χ2v) is 12.1. The predicted molar refractivity (Wildman–Crippen MR) is 147 cm³/mol. The molecule has 1 heterocycles. The molecule has 7 heteroatoms. The summed E-state index contributed by atoms with van der Waals surface area (Å²) in [6.45, 7) is 18.0. The Labute approximate surface area is 217 Å². The number of aromatic nitrogens is 2. The van der Waals surface area contributed by atoms with Gasteiger partial charge in [0.2, 0.25) is 11.8 Å². The maximum Gasteiger partial charge on any atom is 0.245 e. The molecule has 0 bridgehead atoms. The van der Waals surface area contributed by atoms with Crippen LogP contribution in [-0.2, 0) is 19.7 Å². The summed E-state index contributed by atoms with van der Waals surface area (Å²) < 4.78 is 6.97. The fourth-order valence-corrected chi connectivity index (χ4v) is 4.41. The van der Waals surface area contributed by atoms with Crippen LogP contribution in [0.15, 0.2) is 30.3 Å². The van der Waals surface area contributed by atoms with Crippen molar-refractivity contribution in [3.63, 3.8) is 0 Å². The van der Waals surface area contributed by atoms with Crippen molar-refractivity contribution < 1.29 is 14.3 Å². The van der Waals surface area contributed by atoms with Crippen molar-refractivity contribution in [2.75, 3.05) is 32.1 Å². The maximum absolute atomic E-state index is 13.2. The summed E-state index contributed by atoms with van der Waals surface area (Å²) in [5.41, 5.74) is 2.81. The van der Waals surface area contributed by atoms with Crippen LogP contribution in [-0.4, -0.2) is 53.3 Å². The first kappa shape index (κ1) is 29.6. The average molecular weight is 499 g/mol. The van der Waals surface area contributed by atoms with Gasteiger partial charge in [-0.3, -0.25) is 9.59 Å². The van der Waals surface area contributed by atoms with E-state index in [-0.39, 0.29) is 35.1 Å². The lowest BCUT2D eigenvalue weighted by molar-refractivity contribution is -0.135. The van der Waals surface area contributed by atoms with Gasteiger partial charge in [0.1, 0.15) is 5.82 Å². The number of nitrogens with zero attached hydrogens (tertiary/aromatic N) is 3. The van der Waals surface area contributed by atoms with Crippen LogP contribution in [0.2, 0.25) is 0 Å². The second-order valence-electron chi connectivity index (χ2n) is 12.1. The molecule has 2 amide bonds. The quantitative estimate of drug-likeness (QED) is 0.401. The van der Waals surface area contributed by atoms with E-state index in [1.165, 1.54) is 0 Å². The standard InChI is InChI=1S/C29H46N4O3/c1-21(19-28(3,4)5)17-27(35)32(15-12-16-36-9)20-26(34)30-25-18-24(29(6,7)8)31-33(25)23-14-11-10-13-22(23)2/h10-11,13-14,18,21H,12,15-17,19-20H2,1-9H3,(H,30,34). The van der Waals surface area contributed by atoms with Crippen LogP contribution in [0.25, 0.3) is 5.69 Å². The van der Waals surface area contributed by atoms with Crippen molar-refractivity contribution in [3.8, 4) is 5.69 Å². The molecule has 2 aromatic rings. The van der Waals surface area contributed by atoms with Crippen LogP contribution in [0.3, 0.4) is 0 Å². The molecule has 0 aliphatic rings. The van der Waals surface area contributed by atoms with Crippen molar-refractivity contribution >= 4 is 17.6 Å². The third kappa shape index (κ3) is 9.08. The number of para-hydroxylation sites is 1. The molecule has 1 aromatic heterocycles. The number of hydrogen-bond donors (Lipinski definition) is 1. The minimum absolute atomic E-state index is 0.000736. The molecule has 0 aliphatic carbocycles. The van der Waals surface area contributed by atoms with E-state index in [0.717, 1.165) is 23.4 Å². The summed E-state index contributed by atoms with van der Waals surface area (Å²) in [5, 5.41) is 7.85. The highest BCUT2D eigenvalue weighted by atomic mass is 16.5. The first-order chi connectivity index (χ1) is 16.7. The van der Waals surface area contributed by atoms with E-state index in [9.17, 15) is 9.59 Å². The van der Waals surface area contributed by atoms with Crippen molar-refractivity contribution in [1.29, 1.82) is 0 Å². The van der Waals surface area contributed by atoms with E-state index < -0.39 is 0 Å². The molecule has 7 nitrogen and oxygen atoms in total. The Morgan fingerprint density at radius 2 is 1.81 bits per heavy atom. The highest BCUT2D eigenvalue weighted by Crippen LogP contribution is 2.28. The highest BCUT2D eigenvalue weighted by molar-refractivity contribution is 5.94. The Hall–Kier alpha value is -2.67. The molecule has 0 spiro atoms. The number of aryl methyl sites for hydroxylation is 1. The van der Waals surface area contributed by atoms with Gasteiger partial charge in [-0.15, -0.1) is 0 Å². The number of nitrogens with one attached hydrogen (secondary N) is 1. The van der Waals surface area contributed by atoms with Gasteiger partial charge in [-0.2, -0.15) is 5.10 Å². The lowest BCUT2D eigenvalue weighted by atomic mass is 9.84. The van der Waals surface area contributed by atoms with E-state index in [2.05, 4.69) is 53.8 Å². The maximum atomic E-state index is 13.2. The Bertz CT molecular complexity index is 1010. The summed E-state index contributed by atoms with van der Waals surface area (Å²) in [7, 11) is 1.64. The average Bonchev–Trinajstić information content (AvgIpc) is 3.16. The van der Waals surface area contributed by atoms with Gasteiger partial charge in [0.15, 0.2) is 0 Å². The minimum Gasteiger partial charge on any atom is -0.385 e. The first-order valence-electron chi connectivity index (χ1n) is 12.9. The number of benzene rings is 1. The third-order valence-electron chi connectivity index (χ3n) is 6.04. The Kier molecular flexibility index (Phi) is 10.3. The van der Waals surface area contributed by atoms with Crippen LogP contribution in [0.1, 0.15) is 79.0 Å². The highest BCUT2D eigenvalue weighted by Gasteiger charge is 2.25. The van der Waals surface area contributed by atoms with Crippen LogP contribution >= 0.6 is 0 Å². The molecule has 36 heavy (non-hydrogen) atoms. The normalized spacial score (nSPS) is 12.9. The third-order valence-corrected chi connectivity index (χ3v) is 6.04. The number of anilines is 1. The van der Waals surface area contributed by atoms with Crippen molar-refractivity contribution in [2.24, 2.45) is 11.3 Å². The van der Waals surface area contributed by atoms with Crippen LogP contribution in [0.4, 0.5) is 5.82 Å². The van der Waals surface area contributed by atoms with Crippen molar-refractivity contribution in [1.82, 2.24) is 14.7 Å². The number of rotatable bonds is 11. The van der Waals surface area contributed by atoms with Crippen LogP contribution < -0.4 is 5.32 Å². The van der Waals surface area contributed by atoms with Gasteiger partial charge in [-0.25, -0.2) is 4.68 Å². The summed E-state index contributed by atoms with van der Waals surface area (Å²) in [6.07, 6.45) is 2.05. The van der Waals surface area contributed by atoms with E-state index in [1.807, 2.05) is 37.3 Å². The van der Waals surface area contributed by atoms with E-state index in [0.29, 0.717) is 31.8 Å². The predicted octanol–water partition coefficient (Wildman–Crippen LogP) is 5.74. The molecule has 0 saturated heterocycles. The smallest absolute Gasteiger partial charge is 0.245 e. The zero-order valence-electron chi connectivity index (χ0n) is 23.8. The molecule has 0 saturated carbocycles. The Balaban J connectivity index is 2.24. The molecule has 0 radical (unpaired) electrons. The Morgan fingerprint density at radius 3 is 2.39 bits per heavy atom. The lowest BCUT2D eigenvalue weighted by Gasteiger charge is -2.27. The largest absolute Gasteiger partial charge is 0.385 e. The van der Waals surface area contributed by atoms with Gasteiger partial charge in [0.25, 0.3) is 0 Å². The molecule has 0 aliphatic heterocycles. The molecular formula is C29H46N4O3. The van der Waals surface area contributed by atoms with Gasteiger partial charge in [-0.1, -0.05) is 66.7 Å². The number of ether oxygens (including phenoxy) is 1. The molecular weight excluding hydrogens is 452 g/mol. The zero-order valence-corrected chi connectivity index (χ0v) is 23.8. The summed E-state index contributed by atoms with van der Waals surface area (Å²) in [6, 6.07) is 9.87. The fourth-order valence-electron chi connectivity index (χ4n) is 4.41. The summed E-state index contributed by atoms with van der Waals surface area (Å²) >= 11 is 0. The lowest BCUT2D eigenvalue weighted by Crippen LogP contribution is -2.40. The molecule has 2 rings (SSSR count). The number of methoxy groups -OCH3 is 1. The topological polar surface area (TPSA) is 76.5 Å². The molecule has 1 aromatic carbocycles. The van der Waals surface area contributed by atoms with E-state index >= 15 is 0 Å². The monoisotopic (exact) mass is 498 g/mol. The summed E-state index contributed by atoms with van der Waals surface area (Å²) in [5.74, 6) is 0.604. The Morgan fingerprint density at radius 1 is 1.14 bits per heavy atom. The first-order valence-corrected chi connectivity index (χ1v) is 12.9. The second kappa shape index (κ2) is 12.5. The number of amides is 2. The van der Waals surface area contributed by atoms with Crippen molar-refractivity contribution in [3.05, 3.63) is 41.6 Å². The summed E-state index contributed by atoms with van der Waals surface area (Å²) in [4.78, 5) is 28.1.